The molecule has 2 aliphatic rings. The summed E-state index contributed by atoms with van der Waals surface area (Å²) in [5, 5.41) is -1.07. The van der Waals surface area contributed by atoms with Gasteiger partial charge in [0.05, 0.1) is 5.75 Å². The minimum atomic E-state index is -3.43. The molecule has 2 atom stereocenters. The van der Waals surface area contributed by atoms with Crippen LogP contribution >= 0.6 is 0 Å². The maximum atomic E-state index is 11.5. The molecule has 7 heteroatoms. The van der Waals surface area contributed by atoms with E-state index in [0.29, 0.717) is 0 Å². The van der Waals surface area contributed by atoms with E-state index in [1.165, 1.54) is 12.3 Å². The van der Waals surface area contributed by atoms with Gasteiger partial charge in [-0.3, -0.25) is 14.5 Å². The molecule has 0 aliphatic carbocycles. The van der Waals surface area contributed by atoms with Gasteiger partial charge in [0.25, 0.3) is 0 Å². The molecule has 0 bridgehead atoms. The van der Waals surface area contributed by atoms with Gasteiger partial charge in [-0.15, -0.1) is 0 Å². The van der Waals surface area contributed by atoms with Gasteiger partial charge >= 0.3 is 0 Å². The summed E-state index contributed by atoms with van der Waals surface area (Å²) < 4.78 is 22.9. The Morgan fingerprint density at radius 2 is 2.21 bits per heavy atom. The number of hydrogen-bond donors (Lipinski definition) is 1. The zero-order valence-electron chi connectivity index (χ0n) is 7.08. The molecule has 1 saturated heterocycles. The van der Waals surface area contributed by atoms with E-state index < -0.39 is 32.9 Å². The molecular weight excluding hydrogens is 208 g/mol. The quantitative estimate of drug-likeness (QED) is 0.413. The van der Waals surface area contributed by atoms with Crippen molar-refractivity contribution in [2.75, 3.05) is 5.75 Å². The second-order valence-electron chi connectivity index (χ2n) is 3.23. The Hall–Kier alpha value is -1.37. The minimum absolute atomic E-state index is 0.148. The first-order valence-electron chi connectivity index (χ1n) is 3.95. The molecule has 6 nitrogen and oxygen atoms in total. The Balaban J connectivity index is 2.42. The van der Waals surface area contributed by atoms with Crippen LogP contribution < -0.4 is 5.73 Å². The molecule has 2 amide bonds. The number of fused-ring (bicyclic) bond motifs is 1. The smallest absolute Gasteiger partial charge is 0.243 e. The first-order chi connectivity index (χ1) is 6.45. The van der Waals surface area contributed by atoms with Crippen LogP contribution in [0.15, 0.2) is 12.3 Å². The standard InChI is InChI=1S/C7H8N2O4S/c8-5(10)4-6(11)9-2-1-3-14(12,13)7(4)9/h1-2,4,7H,3H2,(H2,8,10)/t4?,7-/m0/s1. The fourth-order valence-corrected chi connectivity index (χ4v) is 3.41. The number of amides is 2. The number of β-lactam (4-membered cyclic amide) rings is 1. The molecule has 76 valence electrons. The van der Waals surface area contributed by atoms with Crippen LogP contribution in [0.3, 0.4) is 0 Å². The molecule has 0 aromatic heterocycles. The lowest BCUT2D eigenvalue weighted by Crippen LogP contribution is -2.66. The summed E-state index contributed by atoms with van der Waals surface area (Å²) in [6.45, 7) is 0. The summed E-state index contributed by atoms with van der Waals surface area (Å²) in [6.07, 6.45) is 2.76. The van der Waals surface area contributed by atoms with Gasteiger partial charge in [-0.1, -0.05) is 6.08 Å². The molecule has 0 aromatic rings. The summed E-state index contributed by atoms with van der Waals surface area (Å²) in [7, 11) is -3.43. The van der Waals surface area contributed by atoms with Crippen molar-refractivity contribution in [3.8, 4) is 0 Å². The zero-order chi connectivity index (χ0) is 10.5. The summed E-state index contributed by atoms with van der Waals surface area (Å²) in [6, 6.07) is 0. The fraction of sp³-hybridized carbons (Fsp3) is 0.429. The maximum Gasteiger partial charge on any atom is 0.243 e. The highest BCUT2D eigenvalue weighted by atomic mass is 32.2. The Morgan fingerprint density at radius 3 is 2.79 bits per heavy atom. The zero-order valence-corrected chi connectivity index (χ0v) is 7.90. The second-order valence-corrected chi connectivity index (χ2v) is 5.37. The van der Waals surface area contributed by atoms with Gasteiger partial charge < -0.3 is 5.73 Å². The van der Waals surface area contributed by atoms with Gasteiger partial charge in [-0.05, 0) is 0 Å². The molecule has 0 saturated carbocycles. The van der Waals surface area contributed by atoms with Crippen LogP contribution in [0.25, 0.3) is 0 Å². The largest absolute Gasteiger partial charge is 0.369 e. The van der Waals surface area contributed by atoms with E-state index in [4.69, 9.17) is 5.73 Å². The third-order valence-electron chi connectivity index (χ3n) is 2.35. The van der Waals surface area contributed by atoms with Gasteiger partial charge in [0, 0.05) is 6.20 Å². The van der Waals surface area contributed by atoms with Crippen LogP contribution in [-0.4, -0.2) is 36.3 Å². The summed E-state index contributed by atoms with van der Waals surface area (Å²) in [5.41, 5.74) is 4.94. The van der Waals surface area contributed by atoms with Crippen molar-refractivity contribution in [1.29, 1.82) is 0 Å². The average Bonchev–Trinajstić information content (AvgIpc) is 2.05. The molecule has 1 fully saturated rings. The van der Waals surface area contributed by atoms with Crippen molar-refractivity contribution in [3.63, 3.8) is 0 Å². The first kappa shape index (κ1) is 9.20. The van der Waals surface area contributed by atoms with Gasteiger partial charge in [0.15, 0.2) is 21.1 Å². The van der Waals surface area contributed by atoms with Crippen molar-refractivity contribution >= 4 is 21.7 Å². The van der Waals surface area contributed by atoms with Crippen molar-refractivity contribution in [3.05, 3.63) is 12.3 Å². The molecule has 2 N–H and O–H groups in total. The number of sulfone groups is 1. The Labute approximate surface area is 80.3 Å². The Morgan fingerprint density at radius 1 is 1.57 bits per heavy atom. The van der Waals surface area contributed by atoms with Crippen LogP contribution in [0.1, 0.15) is 0 Å². The van der Waals surface area contributed by atoms with Crippen molar-refractivity contribution < 1.29 is 18.0 Å². The van der Waals surface area contributed by atoms with Gasteiger partial charge in [0.1, 0.15) is 0 Å². The first-order valence-corrected chi connectivity index (χ1v) is 5.66. The highest BCUT2D eigenvalue weighted by Gasteiger charge is 2.57. The molecule has 1 unspecified atom stereocenters. The predicted octanol–water partition coefficient (Wildman–Crippen LogP) is -1.80. The van der Waals surface area contributed by atoms with Crippen LogP contribution in [0.5, 0.6) is 0 Å². The lowest BCUT2D eigenvalue weighted by molar-refractivity contribution is -0.152. The molecule has 0 spiro atoms. The van der Waals surface area contributed by atoms with E-state index in [1.807, 2.05) is 0 Å². The van der Waals surface area contributed by atoms with E-state index in [9.17, 15) is 18.0 Å². The lowest BCUT2D eigenvalue weighted by Gasteiger charge is -2.44. The molecule has 14 heavy (non-hydrogen) atoms. The second kappa shape index (κ2) is 2.57. The number of carbonyl (C=O) groups excluding carboxylic acids is 2. The number of nitrogens with zero attached hydrogens (tertiary/aromatic N) is 1. The predicted molar refractivity (Wildman–Crippen MR) is 46.2 cm³/mol. The summed E-state index contributed by atoms with van der Waals surface area (Å²) >= 11 is 0. The maximum absolute atomic E-state index is 11.5. The van der Waals surface area contributed by atoms with Gasteiger partial charge in [-0.25, -0.2) is 8.42 Å². The van der Waals surface area contributed by atoms with Crippen LogP contribution in [0.4, 0.5) is 0 Å². The summed E-state index contributed by atoms with van der Waals surface area (Å²) in [4.78, 5) is 23.1. The minimum Gasteiger partial charge on any atom is -0.369 e. The summed E-state index contributed by atoms with van der Waals surface area (Å²) in [5.74, 6) is -2.77. The van der Waals surface area contributed by atoms with Crippen molar-refractivity contribution in [1.82, 2.24) is 4.90 Å². The van der Waals surface area contributed by atoms with Crippen LogP contribution in [0.2, 0.25) is 0 Å². The Bertz CT molecular complexity index is 439. The normalized spacial score (nSPS) is 33.4. The average molecular weight is 216 g/mol. The monoisotopic (exact) mass is 216 g/mol. The van der Waals surface area contributed by atoms with Crippen molar-refractivity contribution in [2.24, 2.45) is 11.7 Å². The lowest BCUT2D eigenvalue weighted by atomic mass is 9.98. The van der Waals surface area contributed by atoms with E-state index in [0.717, 1.165) is 4.90 Å². The van der Waals surface area contributed by atoms with Crippen LogP contribution in [-0.2, 0) is 19.4 Å². The van der Waals surface area contributed by atoms with Crippen molar-refractivity contribution in [2.45, 2.75) is 5.37 Å². The van der Waals surface area contributed by atoms with E-state index >= 15 is 0 Å². The van der Waals surface area contributed by atoms with E-state index in [2.05, 4.69) is 0 Å². The molecule has 0 aromatic carbocycles. The SMILES string of the molecule is NC(=O)C1C(=O)N2C=CCS(=O)(=O)[C@@H]12. The van der Waals surface area contributed by atoms with E-state index in [-0.39, 0.29) is 5.75 Å². The van der Waals surface area contributed by atoms with Gasteiger partial charge in [0.2, 0.25) is 11.8 Å². The highest BCUT2D eigenvalue weighted by molar-refractivity contribution is 7.92. The topological polar surface area (TPSA) is 97.5 Å². The van der Waals surface area contributed by atoms with Gasteiger partial charge in [-0.2, -0.15) is 0 Å². The molecule has 2 rings (SSSR count). The van der Waals surface area contributed by atoms with E-state index in [1.54, 1.807) is 0 Å². The molecule has 2 heterocycles. The fourth-order valence-electron chi connectivity index (χ4n) is 1.68. The molecule has 0 radical (unpaired) electrons. The number of primary amides is 1. The number of nitrogens with two attached hydrogens (primary N) is 1. The third kappa shape index (κ3) is 0.985. The highest BCUT2D eigenvalue weighted by Crippen LogP contribution is 2.33. The van der Waals surface area contributed by atoms with Crippen LogP contribution in [0, 0.1) is 5.92 Å². The number of rotatable bonds is 1. The number of hydrogen-bond acceptors (Lipinski definition) is 4. The molecular formula is C7H8N2O4S. The third-order valence-corrected chi connectivity index (χ3v) is 4.24. The number of carbonyl (C=O) groups is 2. The molecule has 2 aliphatic heterocycles. The Kier molecular flexibility index (Phi) is 1.69.